The van der Waals surface area contributed by atoms with Crippen LogP contribution in [-0.2, 0) is 6.54 Å². The molecule has 0 bridgehead atoms. The van der Waals surface area contributed by atoms with E-state index >= 15 is 0 Å². The van der Waals surface area contributed by atoms with Gasteiger partial charge in [0.25, 0.3) is 5.91 Å². The molecule has 4 rings (SSSR count). The molecule has 2 N–H and O–H groups in total. The molecule has 0 saturated carbocycles. The first-order valence-corrected chi connectivity index (χ1v) is 9.41. The molecule has 0 aromatic carbocycles. The molecule has 0 radical (unpaired) electrons. The third-order valence-corrected chi connectivity index (χ3v) is 5.67. The lowest BCUT2D eigenvalue weighted by molar-refractivity contribution is 0.0676. The lowest BCUT2D eigenvalue weighted by Gasteiger charge is -2.31. The molecule has 1 aliphatic rings. The third kappa shape index (κ3) is 3.32. The Bertz CT molecular complexity index is 844. The smallest absolute Gasteiger partial charge is 0.270 e. The van der Waals surface area contributed by atoms with Crippen LogP contribution in [0.3, 0.4) is 0 Å². The largest absolute Gasteiger partial charge is 0.387 e. The molecule has 8 heteroatoms. The van der Waals surface area contributed by atoms with Crippen molar-refractivity contribution in [2.45, 2.75) is 32.4 Å². The molecule has 0 spiro atoms. The van der Waals surface area contributed by atoms with Gasteiger partial charge in [0.15, 0.2) is 0 Å². The van der Waals surface area contributed by atoms with Crippen molar-refractivity contribution in [1.82, 2.24) is 24.9 Å². The summed E-state index contributed by atoms with van der Waals surface area (Å²) in [5.41, 5.74) is 2.31. The summed E-state index contributed by atoms with van der Waals surface area (Å²) in [5, 5.41) is 19.6. The highest BCUT2D eigenvalue weighted by Gasteiger charge is 2.25. The number of carbonyl (C=O) groups is 1. The molecular formula is C17H21N5O2S. The molecule has 132 valence electrons. The van der Waals surface area contributed by atoms with Crippen LogP contribution in [0.2, 0.25) is 0 Å². The van der Waals surface area contributed by atoms with Gasteiger partial charge in [-0.3, -0.25) is 9.48 Å². The van der Waals surface area contributed by atoms with Crippen molar-refractivity contribution in [3.05, 3.63) is 35.1 Å². The Morgan fingerprint density at radius 3 is 2.96 bits per heavy atom. The number of aromatic nitrogens is 4. The monoisotopic (exact) mass is 359 g/mol. The Morgan fingerprint density at radius 2 is 2.28 bits per heavy atom. The molecule has 3 aromatic heterocycles. The summed E-state index contributed by atoms with van der Waals surface area (Å²) >= 11 is 1.64. The standard InChI is InChI=1S/C17H21N5O2S/c1-11(23)15-10-22(20-19-15)9-12-2-5-21(6-3-12)17(24)14-8-16-13(18-14)4-7-25-16/h4,7-8,10-12,18,23H,2-3,5-6,9H2,1H3/t11-/m1/s1. The summed E-state index contributed by atoms with van der Waals surface area (Å²) in [7, 11) is 0. The van der Waals surface area contributed by atoms with Crippen LogP contribution < -0.4 is 0 Å². The maximum Gasteiger partial charge on any atom is 0.270 e. The van der Waals surface area contributed by atoms with Crippen LogP contribution in [0.15, 0.2) is 23.7 Å². The number of amides is 1. The van der Waals surface area contributed by atoms with Crippen molar-refractivity contribution in [3.8, 4) is 0 Å². The van der Waals surface area contributed by atoms with Gasteiger partial charge < -0.3 is 15.0 Å². The molecule has 0 aliphatic carbocycles. The molecule has 1 amide bonds. The number of hydrogen-bond acceptors (Lipinski definition) is 5. The number of thiophene rings is 1. The molecule has 1 fully saturated rings. The van der Waals surface area contributed by atoms with Crippen LogP contribution in [0.5, 0.6) is 0 Å². The summed E-state index contributed by atoms with van der Waals surface area (Å²) in [5.74, 6) is 0.554. The van der Waals surface area contributed by atoms with Gasteiger partial charge in [-0.15, -0.1) is 16.4 Å². The Balaban J connectivity index is 1.34. The zero-order valence-corrected chi connectivity index (χ0v) is 14.9. The van der Waals surface area contributed by atoms with Crippen molar-refractivity contribution in [1.29, 1.82) is 0 Å². The highest BCUT2D eigenvalue weighted by Crippen LogP contribution is 2.24. The predicted molar refractivity (Wildman–Crippen MR) is 95.5 cm³/mol. The van der Waals surface area contributed by atoms with Crippen LogP contribution >= 0.6 is 11.3 Å². The van der Waals surface area contributed by atoms with Gasteiger partial charge in [-0.1, -0.05) is 5.21 Å². The van der Waals surface area contributed by atoms with Gasteiger partial charge in [-0.2, -0.15) is 0 Å². The molecule has 4 heterocycles. The fourth-order valence-corrected chi connectivity index (χ4v) is 4.09. The predicted octanol–water partition coefficient (Wildman–Crippen LogP) is 2.43. The molecule has 3 aromatic rings. The van der Waals surface area contributed by atoms with Crippen molar-refractivity contribution in [2.24, 2.45) is 5.92 Å². The van der Waals surface area contributed by atoms with Crippen molar-refractivity contribution < 1.29 is 9.90 Å². The van der Waals surface area contributed by atoms with Gasteiger partial charge in [0.05, 0.1) is 22.5 Å². The number of hydrogen-bond donors (Lipinski definition) is 2. The highest BCUT2D eigenvalue weighted by atomic mass is 32.1. The van der Waals surface area contributed by atoms with Crippen molar-refractivity contribution >= 4 is 27.5 Å². The maximum absolute atomic E-state index is 12.7. The normalized spacial score (nSPS) is 17.3. The fraction of sp³-hybridized carbons (Fsp3) is 0.471. The van der Waals surface area contributed by atoms with E-state index in [0.717, 1.165) is 42.7 Å². The van der Waals surface area contributed by atoms with Gasteiger partial charge in [0, 0.05) is 19.6 Å². The summed E-state index contributed by atoms with van der Waals surface area (Å²) in [4.78, 5) is 17.8. The summed E-state index contributed by atoms with van der Waals surface area (Å²) < 4.78 is 2.92. The minimum Gasteiger partial charge on any atom is -0.387 e. The lowest BCUT2D eigenvalue weighted by atomic mass is 9.96. The number of aromatic amines is 1. The number of aliphatic hydroxyl groups is 1. The third-order valence-electron chi connectivity index (χ3n) is 4.80. The Labute approximate surface area is 149 Å². The molecule has 25 heavy (non-hydrogen) atoms. The van der Waals surface area contributed by atoms with Gasteiger partial charge in [-0.05, 0) is 43.2 Å². The SMILES string of the molecule is C[C@@H](O)c1cn(CC2CCN(C(=O)c3cc4sccc4[nH]3)CC2)nn1. The van der Waals surface area contributed by atoms with Gasteiger partial charge in [0.1, 0.15) is 11.4 Å². The van der Waals surface area contributed by atoms with E-state index in [9.17, 15) is 9.90 Å². The summed E-state index contributed by atoms with van der Waals surface area (Å²) in [6.45, 7) is 3.98. The first-order chi connectivity index (χ1) is 12.1. The second kappa shape index (κ2) is 6.61. The lowest BCUT2D eigenvalue weighted by Crippen LogP contribution is -2.39. The molecule has 0 unspecified atom stereocenters. The number of likely N-dealkylation sites (tertiary alicyclic amines) is 1. The average Bonchev–Trinajstić information content (AvgIpc) is 3.30. The molecular weight excluding hydrogens is 338 g/mol. The first-order valence-electron chi connectivity index (χ1n) is 8.54. The Kier molecular flexibility index (Phi) is 4.30. The van der Waals surface area contributed by atoms with E-state index < -0.39 is 6.10 Å². The van der Waals surface area contributed by atoms with E-state index in [1.807, 2.05) is 22.4 Å². The van der Waals surface area contributed by atoms with Gasteiger partial charge in [0.2, 0.25) is 0 Å². The van der Waals surface area contributed by atoms with E-state index in [4.69, 9.17) is 0 Å². The van der Waals surface area contributed by atoms with E-state index in [-0.39, 0.29) is 5.91 Å². The number of fused-ring (bicyclic) bond motifs is 1. The van der Waals surface area contributed by atoms with Crippen molar-refractivity contribution in [2.75, 3.05) is 13.1 Å². The second-order valence-electron chi connectivity index (χ2n) is 6.66. The van der Waals surface area contributed by atoms with Gasteiger partial charge >= 0.3 is 0 Å². The van der Waals surface area contributed by atoms with E-state index in [2.05, 4.69) is 15.3 Å². The number of nitrogens with zero attached hydrogens (tertiary/aromatic N) is 4. The minimum atomic E-state index is -0.594. The number of H-pyrrole nitrogens is 1. The van der Waals surface area contributed by atoms with E-state index in [0.29, 0.717) is 17.3 Å². The highest BCUT2D eigenvalue weighted by molar-refractivity contribution is 7.17. The van der Waals surface area contributed by atoms with Crippen LogP contribution in [0, 0.1) is 5.92 Å². The van der Waals surface area contributed by atoms with Crippen LogP contribution in [0.25, 0.3) is 10.2 Å². The average molecular weight is 359 g/mol. The quantitative estimate of drug-likeness (QED) is 0.749. The van der Waals surface area contributed by atoms with Gasteiger partial charge in [-0.25, -0.2) is 0 Å². The first kappa shape index (κ1) is 16.3. The van der Waals surface area contributed by atoms with Crippen LogP contribution in [0.4, 0.5) is 0 Å². The maximum atomic E-state index is 12.7. The zero-order valence-electron chi connectivity index (χ0n) is 14.1. The Hall–Kier alpha value is -2.19. The van der Waals surface area contributed by atoms with Crippen LogP contribution in [-0.4, -0.2) is 49.0 Å². The van der Waals surface area contributed by atoms with Crippen molar-refractivity contribution in [3.63, 3.8) is 0 Å². The molecule has 1 aliphatic heterocycles. The fourth-order valence-electron chi connectivity index (χ4n) is 3.31. The number of rotatable bonds is 4. The molecule has 1 atom stereocenters. The summed E-state index contributed by atoms with van der Waals surface area (Å²) in [6.07, 6.45) is 3.10. The second-order valence-corrected chi connectivity index (χ2v) is 7.61. The number of nitrogens with one attached hydrogen (secondary N) is 1. The number of carbonyl (C=O) groups excluding carboxylic acids is 1. The summed E-state index contributed by atoms with van der Waals surface area (Å²) in [6, 6.07) is 3.95. The minimum absolute atomic E-state index is 0.0824. The topological polar surface area (TPSA) is 87.0 Å². The Morgan fingerprint density at radius 1 is 1.48 bits per heavy atom. The van der Waals surface area contributed by atoms with E-state index in [1.165, 1.54) is 0 Å². The molecule has 7 nitrogen and oxygen atoms in total. The number of aliphatic hydroxyl groups excluding tert-OH is 1. The zero-order chi connectivity index (χ0) is 17.4. The van der Waals surface area contributed by atoms with Crippen LogP contribution in [0.1, 0.15) is 42.1 Å². The number of piperidine rings is 1. The van der Waals surface area contributed by atoms with E-state index in [1.54, 1.807) is 29.1 Å². The molecule has 1 saturated heterocycles.